The largest absolute Gasteiger partial charge is 0.487 e. The summed E-state index contributed by atoms with van der Waals surface area (Å²) in [5.74, 6) is 0.540. The third kappa shape index (κ3) is 3.37. The first-order chi connectivity index (χ1) is 9.28. The first-order valence-electron chi connectivity index (χ1n) is 8.24. The van der Waals surface area contributed by atoms with Crippen molar-refractivity contribution in [2.45, 2.75) is 76.9 Å². The van der Waals surface area contributed by atoms with Gasteiger partial charge in [-0.3, -0.25) is 0 Å². The van der Waals surface area contributed by atoms with Crippen LogP contribution in [0, 0.1) is 5.92 Å². The van der Waals surface area contributed by atoms with Gasteiger partial charge >= 0.3 is 0 Å². The summed E-state index contributed by atoms with van der Waals surface area (Å²) in [5, 5.41) is 0.875. The Labute approximate surface area is 132 Å². The van der Waals surface area contributed by atoms with Crippen LogP contribution in [-0.2, 0) is 4.74 Å². The summed E-state index contributed by atoms with van der Waals surface area (Å²) >= 11 is 5.42. The van der Waals surface area contributed by atoms with Crippen LogP contribution in [0.3, 0.4) is 0 Å². The molecule has 0 amide bonds. The normalized spacial score (nSPS) is 33.0. The molecule has 2 fully saturated rings. The monoisotopic (exact) mass is 329 g/mol. The zero-order chi connectivity index (χ0) is 15.0. The summed E-state index contributed by atoms with van der Waals surface area (Å²) in [7, 11) is -2.25. The number of ether oxygens (including phenoxy) is 1. The van der Waals surface area contributed by atoms with Crippen molar-refractivity contribution in [1.29, 1.82) is 0 Å². The van der Waals surface area contributed by atoms with Gasteiger partial charge in [-0.2, -0.15) is 0 Å². The van der Waals surface area contributed by atoms with E-state index in [1.807, 2.05) is 6.92 Å². The van der Waals surface area contributed by atoms with Crippen LogP contribution < -0.4 is 0 Å². The highest BCUT2D eigenvalue weighted by molar-refractivity contribution is 7.80. The molecule has 0 radical (unpaired) electrons. The van der Waals surface area contributed by atoms with Gasteiger partial charge in [0.05, 0.1) is 6.61 Å². The SMILES string of the molecule is CCOC(=S)C1CCC(N2[Si](C)(C)CC[Si]2(C)C)CC1. The Morgan fingerprint density at radius 1 is 1.05 bits per heavy atom. The Hall–Kier alpha value is 0.284. The lowest BCUT2D eigenvalue weighted by atomic mass is 9.87. The second kappa shape index (κ2) is 6.19. The summed E-state index contributed by atoms with van der Waals surface area (Å²) in [6.45, 7) is 13.1. The van der Waals surface area contributed by atoms with Crippen LogP contribution in [0.5, 0.6) is 0 Å². The molecule has 2 aliphatic rings. The molecule has 0 N–H and O–H groups in total. The van der Waals surface area contributed by atoms with Crippen molar-refractivity contribution in [3.05, 3.63) is 0 Å². The molecule has 20 heavy (non-hydrogen) atoms. The predicted molar refractivity (Wildman–Crippen MR) is 96.4 cm³/mol. The topological polar surface area (TPSA) is 12.5 Å². The molecule has 1 heterocycles. The van der Waals surface area contributed by atoms with E-state index < -0.39 is 16.5 Å². The third-order valence-electron chi connectivity index (χ3n) is 5.33. The Balaban J connectivity index is 1.98. The fourth-order valence-corrected chi connectivity index (χ4v) is 19.9. The number of rotatable bonds is 3. The van der Waals surface area contributed by atoms with E-state index in [0.29, 0.717) is 5.92 Å². The Kier molecular flexibility index (Phi) is 5.15. The van der Waals surface area contributed by atoms with E-state index in [1.54, 1.807) is 0 Å². The quantitative estimate of drug-likeness (QED) is 0.553. The number of hydrogen-bond donors (Lipinski definition) is 0. The van der Waals surface area contributed by atoms with Crippen LogP contribution in [0.2, 0.25) is 38.3 Å². The molecule has 2 rings (SSSR count). The van der Waals surface area contributed by atoms with Gasteiger partial charge in [0.2, 0.25) is 0 Å². The van der Waals surface area contributed by atoms with Gasteiger partial charge in [-0.05, 0) is 63.0 Å². The fourth-order valence-electron chi connectivity index (χ4n) is 4.49. The Bertz CT molecular complexity index is 349. The summed E-state index contributed by atoms with van der Waals surface area (Å²) in [4.78, 5) is 0. The fraction of sp³-hybridized carbons (Fsp3) is 0.933. The molecule has 1 saturated heterocycles. The maximum atomic E-state index is 5.56. The van der Waals surface area contributed by atoms with Crippen molar-refractivity contribution in [3.63, 3.8) is 0 Å². The first kappa shape index (κ1) is 16.7. The zero-order valence-electron chi connectivity index (χ0n) is 13.9. The molecule has 1 aliphatic carbocycles. The third-order valence-corrected chi connectivity index (χ3v) is 16.2. The van der Waals surface area contributed by atoms with Crippen molar-refractivity contribution >= 4 is 33.7 Å². The van der Waals surface area contributed by atoms with Gasteiger partial charge in [-0.25, -0.2) is 0 Å². The highest BCUT2D eigenvalue weighted by Crippen LogP contribution is 2.42. The molecule has 0 aromatic carbocycles. The van der Waals surface area contributed by atoms with Crippen LogP contribution in [0.15, 0.2) is 0 Å². The van der Waals surface area contributed by atoms with E-state index in [1.165, 1.54) is 37.8 Å². The van der Waals surface area contributed by atoms with Crippen molar-refractivity contribution in [2.75, 3.05) is 6.61 Å². The van der Waals surface area contributed by atoms with Gasteiger partial charge in [-0.1, -0.05) is 26.2 Å². The summed E-state index contributed by atoms with van der Waals surface area (Å²) in [6.07, 6.45) is 5.17. The minimum atomic E-state index is -1.13. The molecule has 116 valence electrons. The van der Waals surface area contributed by atoms with Gasteiger partial charge in [0.1, 0.15) is 16.5 Å². The van der Waals surface area contributed by atoms with E-state index >= 15 is 0 Å². The van der Waals surface area contributed by atoms with E-state index in [2.05, 4.69) is 30.4 Å². The predicted octanol–water partition coefficient (Wildman–Crippen LogP) is 4.63. The first-order valence-corrected chi connectivity index (χ1v) is 15.0. The molecule has 1 aliphatic heterocycles. The molecule has 5 heteroatoms. The van der Waals surface area contributed by atoms with Crippen molar-refractivity contribution < 1.29 is 4.74 Å². The molecule has 2 nitrogen and oxygen atoms in total. The standard InChI is InChI=1S/C15H31NOSSi2/c1-6-17-15(18)13-7-9-14(10-8-13)16-19(2,3)11-12-20(16,4)5/h13-14H,6-12H2,1-5H3. The highest BCUT2D eigenvalue weighted by Gasteiger charge is 2.50. The average Bonchev–Trinajstić information content (AvgIpc) is 2.59. The second-order valence-corrected chi connectivity index (χ2v) is 17.8. The van der Waals surface area contributed by atoms with Crippen molar-refractivity contribution in [1.82, 2.24) is 4.23 Å². The average molecular weight is 330 g/mol. The van der Waals surface area contributed by atoms with Crippen molar-refractivity contribution in [3.8, 4) is 0 Å². The molecule has 0 aromatic rings. The molecule has 0 bridgehead atoms. The van der Waals surface area contributed by atoms with E-state index in [4.69, 9.17) is 17.0 Å². The molecule has 0 unspecified atom stereocenters. The molecule has 1 saturated carbocycles. The Morgan fingerprint density at radius 3 is 2.00 bits per heavy atom. The molecule has 0 aromatic heterocycles. The number of hydrogen-bond acceptors (Lipinski definition) is 3. The summed E-state index contributed by atoms with van der Waals surface area (Å²) in [5.41, 5.74) is 0. The van der Waals surface area contributed by atoms with Crippen LogP contribution in [0.1, 0.15) is 32.6 Å². The van der Waals surface area contributed by atoms with Crippen LogP contribution in [0.25, 0.3) is 0 Å². The maximum Gasteiger partial charge on any atom is 0.162 e. The Morgan fingerprint density at radius 2 is 1.55 bits per heavy atom. The number of nitrogens with zero attached hydrogens (tertiary/aromatic N) is 1. The van der Waals surface area contributed by atoms with Gasteiger partial charge in [-0.15, -0.1) is 0 Å². The highest BCUT2D eigenvalue weighted by atomic mass is 32.1. The zero-order valence-corrected chi connectivity index (χ0v) is 16.7. The summed E-state index contributed by atoms with van der Waals surface area (Å²) < 4.78 is 8.64. The smallest absolute Gasteiger partial charge is 0.162 e. The van der Waals surface area contributed by atoms with Crippen LogP contribution in [0.4, 0.5) is 0 Å². The maximum absolute atomic E-state index is 5.56. The lowest BCUT2D eigenvalue weighted by molar-refractivity contribution is 0.256. The van der Waals surface area contributed by atoms with Gasteiger partial charge in [0.25, 0.3) is 0 Å². The number of thiocarbonyl (C=S) groups is 1. The van der Waals surface area contributed by atoms with Crippen LogP contribution in [-0.4, -0.2) is 38.4 Å². The van der Waals surface area contributed by atoms with E-state index in [-0.39, 0.29) is 0 Å². The molecular formula is C15H31NOSSi2. The van der Waals surface area contributed by atoms with Gasteiger partial charge in [0, 0.05) is 5.92 Å². The minimum absolute atomic E-state index is 0.540. The van der Waals surface area contributed by atoms with Gasteiger partial charge in [0.15, 0.2) is 5.05 Å². The van der Waals surface area contributed by atoms with Gasteiger partial charge < -0.3 is 8.97 Å². The van der Waals surface area contributed by atoms with E-state index in [0.717, 1.165) is 17.7 Å². The second-order valence-electron chi connectivity index (χ2n) is 7.75. The van der Waals surface area contributed by atoms with Crippen LogP contribution >= 0.6 is 12.2 Å². The van der Waals surface area contributed by atoms with Crippen molar-refractivity contribution in [2.24, 2.45) is 5.92 Å². The lowest BCUT2D eigenvalue weighted by Crippen LogP contribution is -2.60. The summed E-state index contributed by atoms with van der Waals surface area (Å²) in [6, 6.07) is 3.88. The molecule has 0 atom stereocenters. The lowest BCUT2D eigenvalue weighted by Gasteiger charge is -2.47. The molecule has 0 spiro atoms. The minimum Gasteiger partial charge on any atom is -0.487 e. The molecular weight excluding hydrogens is 298 g/mol. The van der Waals surface area contributed by atoms with E-state index in [9.17, 15) is 0 Å².